The first-order valence-electron chi connectivity index (χ1n) is 9.81. The van der Waals surface area contributed by atoms with E-state index in [1.807, 2.05) is 6.92 Å². The largest absolute Gasteiger partial charge is 0.494 e. The molecule has 0 N–H and O–H groups in total. The van der Waals surface area contributed by atoms with Gasteiger partial charge in [0.25, 0.3) is 10.0 Å². The van der Waals surface area contributed by atoms with Gasteiger partial charge in [0.15, 0.2) is 5.03 Å². The zero-order chi connectivity index (χ0) is 22.1. The predicted octanol–water partition coefficient (Wildman–Crippen LogP) is 1.52. The van der Waals surface area contributed by atoms with Gasteiger partial charge in [-0.25, -0.2) is 21.8 Å². The van der Waals surface area contributed by atoms with Crippen LogP contribution in [0.3, 0.4) is 0 Å². The summed E-state index contributed by atoms with van der Waals surface area (Å²) in [7, 11) is -5.78. The Morgan fingerprint density at radius 2 is 1.63 bits per heavy atom. The van der Waals surface area contributed by atoms with Crippen molar-refractivity contribution < 1.29 is 21.6 Å². The van der Waals surface area contributed by atoms with Crippen molar-refractivity contribution in [3.05, 3.63) is 35.8 Å². The summed E-state index contributed by atoms with van der Waals surface area (Å²) < 4.78 is 62.0. The molecule has 3 rings (SSSR count). The molecule has 9 nitrogen and oxygen atoms in total. The highest BCUT2D eigenvalue weighted by Gasteiger charge is 2.33. The van der Waals surface area contributed by atoms with E-state index < -0.39 is 20.0 Å². The van der Waals surface area contributed by atoms with Crippen molar-refractivity contribution in [3.8, 4) is 5.75 Å². The van der Waals surface area contributed by atoms with Crippen molar-refractivity contribution in [3.63, 3.8) is 0 Å². The topological polar surface area (TPSA) is 102 Å². The molecule has 11 heteroatoms. The fraction of sp³-hybridized carbons (Fsp3) is 0.526. The quantitative estimate of drug-likeness (QED) is 0.653. The first-order chi connectivity index (χ1) is 14.1. The smallest absolute Gasteiger partial charge is 0.262 e. The van der Waals surface area contributed by atoms with Gasteiger partial charge in [0, 0.05) is 39.4 Å². The minimum absolute atomic E-state index is 0.0130. The molecule has 0 atom stereocenters. The zero-order valence-electron chi connectivity index (χ0n) is 17.7. The summed E-state index contributed by atoms with van der Waals surface area (Å²) in [6.45, 7) is 6.55. The van der Waals surface area contributed by atoms with E-state index in [9.17, 15) is 16.8 Å². The Labute approximate surface area is 178 Å². The molecule has 166 valence electrons. The Hall–Kier alpha value is -1.95. The Kier molecular flexibility index (Phi) is 6.56. The summed E-state index contributed by atoms with van der Waals surface area (Å²) in [5.74, 6) is 1.24. The Balaban J connectivity index is 1.79. The molecular weight excluding hydrogens is 428 g/mol. The van der Waals surface area contributed by atoms with Crippen molar-refractivity contribution in [2.24, 2.45) is 7.05 Å². The third kappa shape index (κ3) is 4.39. The lowest BCUT2D eigenvalue weighted by atomic mass is 10.2. The fourth-order valence-corrected chi connectivity index (χ4v) is 6.43. The van der Waals surface area contributed by atoms with E-state index in [-0.39, 0.29) is 36.1 Å². The highest BCUT2D eigenvalue weighted by atomic mass is 32.2. The molecular formula is C19H28N4O5S2. The third-order valence-electron chi connectivity index (χ3n) is 5.19. The van der Waals surface area contributed by atoms with E-state index in [1.165, 1.54) is 20.9 Å². The number of nitrogens with zero attached hydrogens (tertiary/aromatic N) is 4. The third-order valence-corrected chi connectivity index (χ3v) is 8.85. The molecule has 1 saturated heterocycles. The fourth-order valence-electron chi connectivity index (χ4n) is 3.38. The van der Waals surface area contributed by atoms with Crippen LogP contribution in [-0.2, 0) is 27.1 Å². The molecule has 1 aromatic heterocycles. The maximum atomic E-state index is 13.1. The standard InChI is InChI=1S/C19H28N4O5S2/c1-5-28-18-8-7-17(13-15(18)2)29(24,25)22-9-6-10-23(12-11-22)30(26,27)19-14-21(4)16(3)20-19/h7-8,13-14H,5-6,9-12H2,1-4H3. The summed E-state index contributed by atoms with van der Waals surface area (Å²) in [5, 5.41) is -0.0130. The molecule has 1 aliphatic rings. The number of ether oxygens (including phenoxy) is 1. The summed E-state index contributed by atoms with van der Waals surface area (Å²) in [4.78, 5) is 4.31. The molecule has 0 amide bonds. The van der Waals surface area contributed by atoms with Gasteiger partial charge in [-0.3, -0.25) is 0 Å². The highest BCUT2D eigenvalue weighted by Crippen LogP contribution is 2.25. The lowest BCUT2D eigenvalue weighted by Crippen LogP contribution is -2.37. The molecule has 2 heterocycles. The van der Waals surface area contributed by atoms with Crippen molar-refractivity contribution in [2.75, 3.05) is 32.8 Å². The van der Waals surface area contributed by atoms with Gasteiger partial charge in [0.1, 0.15) is 11.6 Å². The Bertz CT molecular complexity index is 1110. The van der Waals surface area contributed by atoms with Gasteiger partial charge in [-0.05, 0) is 51.0 Å². The van der Waals surface area contributed by atoms with Gasteiger partial charge in [-0.1, -0.05) is 0 Å². The van der Waals surface area contributed by atoms with Crippen LogP contribution in [0, 0.1) is 13.8 Å². The van der Waals surface area contributed by atoms with Crippen molar-refractivity contribution >= 4 is 20.0 Å². The van der Waals surface area contributed by atoms with Gasteiger partial charge >= 0.3 is 0 Å². The second-order valence-electron chi connectivity index (χ2n) is 7.26. The number of imidazole rings is 1. The molecule has 0 saturated carbocycles. The molecule has 0 radical (unpaired) electrons. The van der Waals surface area contributed by atoms with Gasteiger partial charge in [0.05, 0.1) is 11.5 Å². The molecule has 0 bridgehead atoms. The lowest BCUT2D eigenvalue weighted by molar-refractivity contribution is 0.337. The number of aryl methyl sites for hydroxylation is 3. The number of benzene rings is 1. The predicted molar refractivity (Wildman–Crippen MR) is 112 cm³/mol. The molecule has 0 unspecified atom stereocenters. The average Bonchev–Trinajstić information content (AvgIpc) is 2.89. The van der Waals surface area contributed by atoms with E-state index in [0.717, 1.165) is 5.56 Å². The molecule has 0 aliphatic carbocycles. The van der Waals surface area contributed by atoms with Crippen LogP contribution in [0.15, 0.2) is 34.3 Å². The normalized spacial score (nSPS) is 17.1. The minimum atomic E-state index is -3.78. The second kappa shape index (κ2) is 8.66. The SMILES string of the molecule is CCOc1ccc(S(=O)(=O)N2CCCN(S(=O)(=O)c3cn(C)c(C)n3)CC2)cc1C. The van der Waals surface area contributed by atoms with Crippen LogP contribution in [0.1, 0.15) is 24.7 Å². The zero-order valence-corrected chi connectivity index (χ0v) is 19.3. The van der Waals surface area contributed by atoms with Crippen LogP contribution < -0.4 is 4.74 Å². The van der Waals surface area contributed by atoms with E-state index in [4.69, 9.17) is 4.74 Å². The summed E-state index contributed by atoms with van der Waals surface area (Å²) in [6.07, 6.45) is 1.88. The number of hydrogen-bond acceptors (Lipinski definition) is 6. The number of aromatic nitrogens is 2. The Morgan fingerprint density at radius 3 is 2.17 bits per heavy atom. The maximum Gasteiger partial charge on any atom is 0.262 e. The van der Waals surface area contributed by atoms with Crippen molar-refractivity contribution in [1.82, 2.24) is 18.2 Å². The minimum Gasteiger partial charge on any atom is -0.494 e. The molecule has 30 heavy (non-hydrogen) atoms. The molecule has 2 aromatic rings. The number of sulfonamides is 2. The summed E-state index contributed by atoms with van der Waals surface area (Å²) in [6, 6.07) is 4.78. The van der Waals surface area contributed by atoms with Crippen LogP contribution in [0.2, 0.25) is 0 Å². The van der Waals surface area contributed by atoms with Crippen LogP contribution in [0.25, 0.3) is 0 Å². The molecule has 1 fully saturated rings. The van der Waals surface area contributed by atoms with Gasteiger partial charge in [-0.2, -0.15) is 8.61 Å². The monoisotopic (exact) mass is 456 g/mol. The van der Waals surface area contributed by atoms with Crippen LogP contribution in [-0.4, -0.2) is 67.8 Å². The highest BCUT2D eigenvalue weighted by molar-refractivity contribution is 7.89. The van der Waals surface area contributed by atoms with Crippen LogP contribution in [0.5, 0.6) is 5.75 Å². The Morgan fingerprint density at radius 1 is 1.00 bits per heavy atom. The van der Waals surface area contributed by atoms with Gasteiger partial charge in [0.2, 0.25) is 10.0 Å². The van der Waals surface area contributed by atoms with Crippen LogP contribution in [0.4, 0.5) is 0 Å². The van der Waals surface area contributed by atoms with E-state index in [2.05, 4.69) is 4.98 Å². The molecule has 1 aliphatic heterocycles. The number of rotatable bonds is 6. The van der Waals surface area contributed by atoms with Crippen LogP contribution >= 0.6 is 0 Å². The van der Waals surface area contributed by atoms with Gasteiger partial charge < -0.3 is 9.30 Å². The maximum absolute atomic E-state index is 13.1. The molecule has 0 spiro atoms. The van der Waals surface area contributed by atoms with Crippen molar-refractivity contribution in [2.45, 2.75) is 37.1 Å². The summed E-state index contributed by atoms with van der Waals surface area (Å²) >= 11 is 0. The first kappa shape index (κ1) is 22.7. The second-order valence-corrected chi connectivity index (χ2v) is 11.1. The van der Waals surface area contributed by atoms with E-state index in [1.54, 1.807) is 37.6 Å². The van der Waals surface area contributed by atoms with E-state index >= 15 is 0 Å². The molecule has 1 aromatic carbocycles. The van der Waals surface area contributed by atoms with Crippen molar-refractivity contribution in [1.29, 1.82) is 0 Å². The van der Waals surface area contributed by atoms with E-state index in [0.29, 0.717) is 24.6 Å². The lowest BCUT2D eigenvalue weighted by Gasteiger charge is -2.21. The number of hydrogen-bond donors (Lipinski definition) is 0. The first-order valence-corrected chi connectivity index (χ1v) is 12.7. The summed E-state index contributed by atoms with van der Waals surface area (Å²) in [5.41, 5.74) is 0.738. The van der Waals surface area contributed by atoms with Gasteiger partial charge in [-0.15, -0.1) is 0 Å². The average molecular weight is 457 g/mol.